The van der Waals surface area contributed by atoms with Crippen LogP contribution in [-0.2, 0) is 4.74 Å². The minimum absolute atomic E-state index is 0.146. The molecule has 3 fully saturated rings. The number of nitrogens with zero attached hydrogens (tertiary/aromatic N) is 3. The second kappa shape index (κ2) is 6.53. The molecule has 0 spiro atoms. The number of aromatic nitrogens is 2. The smallest absolute Gasteiger partial charge is 0.271 e. The van der Waals surface area contributed by atoms with Crippen molar-refractivity contribution in [1.29, 1.82) is 0 Å². The van der Waals surface area contributed by atoms with Crippen molar-refractivity contribution >= 4 is 5.91 Å². The van der Waals surface area contributed by atoms with Crippen LogP contribution in [0.2, 0.25) is 0 Å². The molecule has 3 aliphatic rings. The zero-order valence-electron chi connectivity index (χ0n) is 13.4. The summed E-state index contributed by atoms with van der Waals surface area (Å²) in [5, 5.41) is 3.00. The summed E-state index contributed by atoms with van der Waals surface area (Å²) in [6, 6.07) is 0.544. The first-order chi connectivity index (χ1) is 11.3. The zero-order valence-corrected chi connectivity index (χ0v) is 13.4. The molecule has 1 aromatic heterocycles. The highest BCUT2D eigenvalue weighted by Crippen LogP contribution is 2.37. The third-order valence-electron chi connectivity index (χ3n) is 5.35. The van der Waals surface area contributed by atoms with E-state index in [4.69, 9.17) is 4.74 Å². The van der Waals surface area contributed by atoms with Crippen LogP contribution in [0.1, 0.15) is 36.2 Å². The van der Waals surface area contributed by atoms with Crippen molar-refractivity contribution in [3.63, 3.8) is 0 Å². The number of fused-ring (bicyclic) bond motifs is 1. The Balaban J connectivity index is 1.32. The van der Waals surface area contributed by atoms with Gasteiger partial charge in [0.15, 0.2) is 0 Å². The van der Waals surface area contributed by atoms with Gasteiger partial charge in [0.25, 0.3) is 5.91 Å². The molecule has 23 heavy (non-hydrogen) atoms. The molecule has 2 heterocycles. The van der Waals surface area contributed by atoms with E-state index in [1.807, 2.05) is 0 Å². The lowest BCUT2D eigenvalue weighted by molar-refractivity contribution is -0.0739. The van der Waals surface area contributed by atoms with E-state index in [0.717, 1.165) is 25.5 Å². The van der Waals surface area contributed by atoms with Crippen LogP contribution in [0.4, 0.5) is 0 Å². The number of nitrogens with one attached hydrogen (secondary N) is 1. The zero-order chi connectivity index (χ0) is 15.6. The standard InChI is InChI=1S/C17H24N4O2/c22-17(14-10-18-5-6-19-14)20-9-13-3-4-15-16(13)23-8-7-21(15)11-12-1-2-12/h5-6,10,12-13,15-16H,1-4,7-9,11H2,(H,20,22)/t13-,15-,16-/m0/s1. The molecule has 1 aliphatic heterocycles. The molecule has 1 N–H and O–H groups in total. The van der Waals surface area contributed by atoms with Crippen molar-refractivity contribution in [2.24, 2.45) is 11.8 Å². The van der Waals surface area contributed by atoms with Crippen LogP contribution in [0.15, 0.2) is 18.6 Å². The van der Waals surface area contributed by atoms with Crippen LogP contribution in [0.5, 0.6) is 0 Å². The molecule has 0 unspecified atom stereocenters. The van der Waals surface area contributed by atoms with Crippen LogP contribution in [0.25, 0.3) is 0 Å². The first-order valence-electron chi connectivity index (χ1n) is 8.71. The maximum absolute atomic E-state index is 12.1. The van der Waals surface area contributed by atoms with Crippen LogP contribution in [0.3, 0.4) is 0 Å². The van der Waals surface area contributed by atoms with Crippen molar-refractivity contribution < 1.29 is 9.53 Å². The van der Waals surface area contributed by atoms with E-state index >= 15 is 0 Å². The topological polar surface area (TPSA) is 67.3 Å². The fraction of sp³-hybridized carbons (Fsp3) is 0.706. The monoisotopic (exact) mass is 316 g/mol. The lowest BCUT2D eigenvalue weighted by atomic mass is 10.0. The van der Waals surface area contributed by atoms with Gasteiger partial charge in [0.1, 0.15) is 5.69 Å². The Kier molecular flexibility index (Phi) is 4.27. The molecule has 0 radical (unpaired) electrons. The SMILES string of the molecule is O=C(NC[C@@H]1CC[C@H]2[C@H]1OCCN2CC1CC1)c1cnccn1. The van der Waals surface area contributed by atoms with Crippen LogP contribution >= 0.6 is 0 Å². The molecule has 124 valence electrons. The fourth-order valence-corrected chi connectivity index (χ4v) is 3.94. The van der Waals surface area contributed by atoms with Crippen LogP contribution < -0.4 is 5.32 Å². The van der Waals surface area contributed by atoms with Gasteiger partial charge in [0.05, 0.1) is 18.9 Å². The number of rotatable bonds is 5. The van der Waals surface area contributed by atoms with Crippen molar-refractivity contribution in [2.45, 2.75) is 37.8 Å². The summed E-state index contributed by atoms with van der Waals surface area (Å²) in [6.45, 7) is 3.79. The highest BCUT2D eigenvalue weighted by molar-refractivity contribution is 5.91. The lowest BCUT2D eigenvalue weighted by Gasteiger charge is -2.39. The summed E-state index contributed by atoms with van der Waals surface area (Å²) in [5.74, 6) is 1.18. The van der Waals surface area contributed by atoms with E-state index in [1.165, 1.54) is 32.0 Å². The second-order valence-electron chi connectivity index (χ2n) is 6.98. The second-order valence-corrected chi connectivity index (χ2v) is 6.98. The van der Waals surface area contributed by atoms with Gasteiger partial charge >= 0.3 is 0 Å². The molecular formula is C17H24N4O2. The number of ether oxygens (including phenoxy) is 1. The summed E-state index contributed by atoms with van der Waals surface area (Å²) in [6.07, 6.45) is 9.98. The number of hydrogen-bond donors (Lipinski definition) is 1. The molecule has 0 bridgehead atoms. The Morgan fingerprint density at radius 1 is 1.30 bits per heavy atom. The Morgan fingerprint density at radius 2 is 2.22 bits per heavy atom. The molecule has 3 atom stereocenters. The van der Waals surface area contributed by atoms with Gasteiger partial charge in [-0.25, -0.2) is 4.98 Å². The molecule has 6 heteroatoms. The maximum atomic E-state index is 12.1. The molecule has 6 nitrogen and oxygen atoms in total. The number of amides is 1. The number of morpholine rings is 1. The van der Waals surface area contributed by atoms with Gasteiger partial charge in [-0.15, -0.1) is 0 Å². The third-order valence-corrected chi connectivity index (χ3v) is 5.35. The quantitative estimate of drug-likeness (QED) is 0.881. The van der Waals surface area contributed by atoms with Gasteiger partial charge in [0, 0.05) is 44.0 Å². The number of hydrogen-bond acceptors (Lipinski definition) is 5. The highest BCUT2D eigenvalue weighted by atomic mass is 16.5. The van der Waals surface area contributed by atoms with Gasteiger partial charge in [0.2, 0.25) is 0 Å². The van der Waals surface area contributed by atoms with Crippen molar-refractivity contribution in [3.05, 3.63) is 24.3 Å². The van der Waals surface area contributed by atoms with Crippen LogP contribution in [0, 0.1) is 11.8 Å². The van der Waals surface area contributed by atoms with Gasteiger partial charge in [-0.2, -0.15) is 0 Å². The Labute approximate surface area is 136 Å². The first-order valence-corrected chi connectivity index (χ1v) is 8.71. The lowest BCUT2D eigenvalue weighted by Crippen LogP contribution is -2.52. The fourth-order valence-electron chi connectivity index (χ4n) is 3.94. The molecule has 2 saturated carbocycles. The van der Waals surface area contributed by atoms with Crippen molar-refractivity contribution in [3.8, 4) is 0 Å². The predicted molar refractivity (Wildman–Crippen MR) is 84.9 cm³/mol. The summed E-state index contributed by atoms with van der Waals surface area (Å²) in [4.78, 5) is 22.7. The summed E-state index contributed by atoms with van der Waals surface area (Å²) < 4.78 is 6.06. The summed E-state index contributed by atoms with van der Waals surface area (Å²) in [5.41, 5.74) is 0.377. The van der Waals surface area contributed by atoms with E-state index in [2.05, 4.69) is 20.2 Å². The van der Waals surface area contributed by atoms with E-state index < -0.39 is 0 Å². The molecule has 1 saturated heterocycles. The van der Waals surface area contributed by atoms with E-state index in [-0.39, 0.29) is 12.0 Å². The normalized spacial score (nSPS) is 30.9. The average molecular weight is 316 g/mol. The average Bonchev–Trinajstić information content (AvgIpc) is 3.31. The van der Waals surface area contributed by atoms with Gasteiger partial charge in [-0.1, -0.05) is 0 Å². The largest absolute Gasteiger partial charge is 0.375 e. The molecule has 1 amide bonds. The van der Waals surface area contributed by atoms with E-state index in [9.17, 15) is 4.79 Å². The van der Waals surface area contributed by atoms with E-state index in [0.29, 0.717) is 24.2 Å². The number of carbonyl (C=O) groups excluding carboxylic acids is 1. The predicted octanol–water partition coefficient (Wildman–Crippen LogP) is 1.10. The molecule has 2 aliphatic carbocycles. The maximum Gasteiger partial charge on any atom is 0.271 e. The third kappa shape index (κ3) is 3.38. The summed E-state index contributed by atoms with van der Waals surface area (Å²) >= 11 is 0. The van der Waals surface area contributed by atoms with Crippen molar-refractivity contribution in [1.82, 2.24) is 20.2 Å². The summed E-state index contributed by atoms with van der Waals surface area (Å²) in [7, 11) is 0. The minimum atomic E-state index is -0.146. The minimum Gasteiger partial charge on any atom is -0.375 e. The Bertz CT molecular complexity index is 549. The van der Waals surface area contributed by atoms with Crippen LogP contribution in [-0.4, -0.2) is 59.2 Å². The molecule has 0 aromatic carbocycles. The first kappa shape index (κ1) is 15.0. The van der Waals surface area contributed by atoms with Gasteiger partial charge in [-0.05, 0) is 31.6 Å². The highest BCUT2D eigenvalue weighted by Gasteiger charge is 2.43. The van der Waals surface area contributed by atoms with Gasteiger partial charge < -0.3 is 10.1 Å². The molecule has 4 rings (SSSR count). The Morgan fingerprint density at radius 3 is 3.00 bits per heavy atom. The molecular weight excluding hydrogens is 292 g/mol. The van der Waals surface area contributed by atoms with E-state index in [1.54, 1.807) is 12.4 Å². The van der Waals surface area contributed by atoms with Gasteiger partial charge in [-0.3, -0.25) is 14.7 Å². The number of carbonyl (C=O) groups is 1. The van der Waals surface area contributed by atoms with Crippen molar-refractivity contribution in [2.75, 3.05) is 26.2 Å². The Hall–Kier alpha value is -1.53. The molecule has 1 aromatic rings.